The molecule has 29 heavy (non-hydrogen) atoms. The van der Waals surface area contributed by atoms with Crippen molar-refractivity contribution >= 4 is 5.78 Å². The van der Waals surface area contributed by atoms with Crippen molar-refractivity contribution in [2.45, 2.75) is 57.2 Å². The fraction of sp³-hybridized carbons (Fsp3) is 0.500. The molecule has 0 saturated carbocycles. The van der Waals surface area contributed by atoms with Gasteiger partial charge in [-0.15, -0.1) is 0 Å². The number of aliphatic hydroxyl groups excluding tert-OH is 1. The van der Waals surface area contributed by atoms with Crippen LogP contribution in [0.2, 0.25) is 0 Å². The number of carbonyl (C=O) groups excluding carboxylic acids is 1. The Balaban J connectivity index is 1.84. The lowest BCUT2D eigenvalue weighted by Crippen LogP contribution is -2.40. The summed E-state index contributed by atoms with van der Waals surface area (Å²) < 4.78 is 40.1. The van der Waals surface area contributed by atoms with Gasteiger partial charge in [0.1, 0.15) is 0 Å². The zero-order valence-corrected chi connectivity index (χ0v) is 16.9. The summed E-state index contributed by atoms with van der Waals surface area (Å²) in [6.07, 6.45) is -0.964. The molecular formula is C22H29F3N2O2. The number of aryl methyl sites for hydroxylation is 2. The van der Waals surface area contributed by atoms with Gasteiger partial charge >= 0.3 is 6.18 Å². The molecule has 160 valence electrons. The number of ketones is 1. The number of alkyl halides is 3. The molecule has 2 aromatic rings. The van der Waals surface area contributed by atoms with E-state index in [0.29, 0.717) is 49.8 Å². The van der Waals surface area contributed by atoms with Crippen LogP contribution < -0.4 is 5.73 Å². The molecule has 1 atom stereocenters. The second-order valence-electron chi connectivity index (χ2n) is 7.91. The van der Waals surface area contributed by atoms with Gasteiger partial charge in [0.25, 0.3) is 0 Å². The Hall–Kier alpha value is -2.12. The van der Waals surface area contributed by atoms with Gasteiger partial charge in [0, 0.05) is 24.7 Å². The molecule has 2 rings (SSSR count). The first-order valence-electron chi connectivity index (χ1n) is 9.77. The quantitative estimate of drug-likeness (QED) is 0.454. The summed E-state index contributed by atoms with van der Waals surface area (Å²) in [7, 11) is 1.83. The van der Waals surface area contributed by atoms with Crippen LogP contribution in [0.3, 0.4) is 0 Å². The van der Waals surface area contributed by atoms with Crippen LogP contribution in [-0.4, -0.2) is 27.6 Å². The highest BCUT2D eigenvalue weighted by Gasteiger charge is 2.30. The van der Waals surface area contributed by atoms with E-state index in [0.717, 1.165) is 11.8 Å². The van der Waals surface area contributed by atoms with Gasteiger partial charge in [-0.3, -0.25) is 4.79 Å². The average molecular weight is 410 g/mol. The second kappa shape index (κ2) is 9.59. The predicted octanol–water partition coefficient (Wildman–Crippen LogP) is 4.28. The summed E-state index contributed by atoms with van der Waals surface area (Å²) in [6, 6.07) is 9.01. The Morgan fingerprint density at radius 1 is 1.14 bits per heavy atom. The molecule has 0 bridgehead atoms. The molecule has 0 radical (unpaired) electrons. The van der Waals surface area contributed by atoms with Crippen LogP contribution in [0.15, 0.2) is 36.4 Å². The predicted molar refractivity (Wildman–Crippen MR) is 107 cm³/mol. The lowest BCUT2D eigenvalue weighted by molar-refractivity contribution is -0.137. The number of rotatable bonds is 10. The average Bonchev–Trinajstić information content (AvgIpc) is 3.04. The third-order valence-corrected chi connectivity index (χ3v) is 5.20. The lowest BCUT2D eigenvalue weighted by atomic mass is 9.97. The molecule has 1 heterocycles. The second-order valence-corrected chi connectivity index (χ2v) is 7.91. The first-order chi connectivity index (χ1) is 13.5. The van der Waals surface area contributed by atoms with E-state index in [1.54, 1.807) is 19.1 Å². The van der Waals surface area contributed by atoms with Gasteiger partial charge in [-0.1, -0.05) is 18.2 Å². The minimum atomic E-state index is -4.34. The van der Waals surface area contributed by atoms with Crippen LogP contribution in [0.5, 0.6) is 0 Å². The highest BCUT2D eigenvalue weighted by molar-refractivity contribution is 5.94. The zero-order chi connectivity index (χ0) is 21.7. The van der Waals surface area contributed by atoms with Gasteiger partial charge in [0.2, 0.25) is 0 Å². The molecule has 7 heteroatoms. The van der Waals surface area contributed by atoms with Crippen LogP contribution >= 0.6 is 0 Å². The standard InChI is InChI=1S/C22H29F3N2O2/c1-21(26,15-28)13-12-18-10-11-19(27(18)2)20(29)9-4-3-6-16-7-5-8-17(14-16)22(23,24)25/h5,7-8,10-11,14,28H,3-4,6,9,12-13,15,26H2,1-2H3. The maximum atomic E-state index is 12.8. The van der Waals surface area contributed by atoms with E-state index in [1.165, 1.54) is 12.1 Å². The summed E-state index contributed by atoms with van der Waals surface area (Å²) in [5, 5.41) is 9.25. The minimum absolute atomic E-state index is 0.0143. The van der Waals surface area contributed by atoms with E-state index < -0.39 is 17.3 Å². The number of nitrogens with zero attached hydrogens (tertiary/aromatic N) is 1. The van der Waals surface area contributed by atoms with Crippen molar-refractivity contribution in [3.05, 3.63) is 58.9 Å². The van der Waals surface area contributed by atoms with Crippen LogP contribution in [0.25, 0.3) is 0 Å². The van der Waals surface area contributed by atoms with Gasteiger partial charge in [-0.25, -0.2) is 0 Å². The summed E-state index contributed by atoms with van der Waals surface area (Å²) in [5.41, 5.74) is 6.87. The van der Waals surface area contributed by atoms with Crippen molar-refractivity contribution < 1.29 is 23.1 Å². The number of halogens is 3. The highest BCUT2D eigenvalue weighted by atomic mass is 19.4. The Morgan fingerprint density at radius 2 is 1.86 bits per heavy atom. The van der Waals surface area contributed by atoms with Crippen molar-refractivity contribution in [1.29, 1.82) is 0 Å². The number of carbonyl (C=O) groups is 1. The molecule has 3 N–H and O–H groups in total. The summed E-state index contributed by atoms with van der Waals surface area (Å²) in [4.78, 5) is 12.5. The van der Waals surface area contributed by atoms with Gasteiger partial charge in [-0.2, -0.15) is 13.2 Å². The van der Waals surface area contributed by atoms with E-state index in [2.05, 4.69) is 0 Å². The molecule has 1 aromatic heterocycles. The van der Waals surface area contributed by atoms with Crippen molar-refractivity contribution in [1.82, 2.24) is 4.57 Å². The number of aromatic nitrogens is 1. The van der Waals surface area contributed by atoms with Crippen LogP contribution in [-0.2, 0) is 26.1 Å². The van der Waals surface area contributed by atoms with Gasteiger partial charge < -0.3 is 15.4 Å². The smallest absolute Gasteiger partial charge is 0.394 e. The Labute approximate surface area is 169 Å². The van der Waals surface area contributed by atoms with Crippen molar-refractivity contribution in [3.8, 4) is 0 Å². The van der Waals surface area contributed by atoms with Crippen molar-refractivity contribution in [2.75, 3.05) is 6.61 Å². The molecule has 0 spiro atoms. The largest absolute Gasteiger partial charge is 0.416 e. The number of Topliss-reactive ketones (excluding diaryl/α,β-unsaturated/α-hetero) is 1. The molecule has 0 aliphatic carbocycles. The van der Waals surface area contributed by atoms with Crippen molar-refractivity contribution in [2.24, 2.45) is 12.8 Å². The van der Waals surface area contributed by atoms with Gasteiger partial charge in [0.05, 0.1) is 17.9 Å². The molecular weight excluding hydrogens is 381 g/mol. The Morgan fingerprint density at radius 3 is 2.52 bits per heavy atom. The van der Waals surface area contributed by atoms with Gasteiger partial charge in [0.15, 0.2) is 5.78 Å². The van der Waals surface area contributed by atoms with E-state index >= 15 is 0 Å². The number of nitrogens with two attached hydrogens (primary N) is 1. The Bertz CT molecular complexity index is 826. The molecule has 0 fully saturated rings. The lowest BCUT2D eigenvalue weighted by Gasteiger charge is -2.21. The van der Waals surface area contributed by atoms with E-state index in [-0.39, 0.29) is 12.4 Å². The monoisotopic (exact) mass is 410 g/mol. The van der Waals surface area contributed by atoms with E-state index in [4.69, 9.17) is 5.73 Å². The van der Waals surface area contributed by atoms with Gasteiger partial charge in [-0.05, 0) is 62.8 Å². The Kier molecular flexibility index (Phi) is 7.66. The third kappa shape index (κ3) is 6.72. The number of hydrogen-bond donors (Lipinski definition) is 2. The summed E-state index contributed by atoms with van der Waals surface area (Å²) in [5.74, 6) is 0.0143. The van der Waals surface area contributed by atoms with Crippen LogP contribution in [0.4, 0.5) is 13.2 Å². The molecule has 0 aliphatic rings. The number of unbranched alkanes of at least 4 members (excludes halogenated alkanes) is 1. The molecule has 1 aromatic carbocycles. The maximum Gasteiger partial charge on any atom is 0.416 e. The fourth-order valence-corrected chi connectivity index (χ4v) is 3.22. The molecule has 0 aliphatic heterocycles. The molecule has 1 unspecified atom stereocenters. The van der Waals surface area contributed by atoms with E-state index in [9.17, 15) is 23.1 Å². The summed E-state index contributed by atoms with van der Waals surface area (Å²) >= 11 is 0. The zero-order valence-electron chi connectivity index (χ0n) is 16.9. The molecule has 0 amide bonds. The molecule has 4 nitrogen and oxygen atoms in total. The van der Waals surface area contributed by atoms with E-state index in [1.807, 2.05) is 17.7 Å². The fourth-order valence-electron chi connectivity index (χ4n) is 3.22. The SMILES string of the molecule is Cn1c(CCC(C)(N)CO)ccc1C(=O)CCCCc1cccc(C(F)(F)F)c1. The first-order valence-corrected chi connectivity index (χ1v) is 9.77. The minimum Gasteiger partial charge on any atom is -0.394 e. The first kappa shape index (κ1) is 23.2. The highest BCUT2D eigenvalue weighted by Crippen LogP contribution is 2.29. The van der Waals surface area contributed by atoms with Crippen LogP contribution in [0.1, 0.15) is 59.9 Å². The topological polar surface area (TPSA) is 68.2 Å². The van der Waals surface area contributed by atoms with Crippen molar-refractivity contribution in [3.63, 3.8) is 0 Å². The number of hydrogen-bond acceptors (Lipinski definition) is 3. The maximum absolute atomic E-state index is 12.8. The normalized spacial score (nSPS) is 14.0. The number of aliphatic hydroxyl groups is 1. The number of benzene rings is 1. The third-order valence-electron chi connectivity index (χ3n) is 5.20. The molecule has 0 saturated heterocycles. The summed E-state index contributed by atoms with van der Waals surface area (Å²) in [6.45, 7) is 1.68. The van der Waals surface area contributed by atoms with Crippen LogP contribution in [0, 0.1) is 0 Å².